The van der Waals surface area contributed by atoms with E-state index in [9.17, 15) is 9.59 Å². The van der Waals surface area contributed by atoms with Crippen LogP contribution in [0.25, 0.3) is 0 Å². The largest absolute Gasteiger partial charge is 0.336 e. The van der Waals surface area contributed by atoms with E-state index in [0.717, 1.165) is 11.4 Å². The number of pyridine rings is 1. The first kappa shape index (κ1) is 15.3. The smallest absolute Gasteiger partial charge is 0.231 e. The van der Waals surface area contributed by atoms with Gasteiger partial charge in [-0.25, -0.2) is 4.98 Å². The minimum Gasteiger partial charge on any atom is -0.336 e. The van der Waals surface area contributed by atoms with Crippen molar-refractivity contribution in [3.8, 4) is 0 Å². The van der Waals surface area contributed by atoms with Crippen molar-refractivity contribution in [1.29, 1.82) is 0 Å². The molecule has 1 unspecified atom stereocenters. The molecule has 1 atom stereocenters. The molecule has 0 radical (unpaired) electrons. The first-order valence-corrected chi connectivity index (χ1v) is 9.01. The number of hydrogen-bond donors (Lipinski definition) is 1. The lowest BCUT2D eigenvalue weighted by molar-refractivity contribution is -0.128. The van der Waals surface area contributed by atoms with Crippen LogP contribution in [0.5, 0.6) is 0 Å². The molecule has 4 rings (SSSR count). The zero-order valence-electron chi connectivity index (χ0n) is 13.1. The second-order valence-electron chi connectivity index (χ2n) is 6.34. The molecule has 1 saturated carbocycles. The number of carbonyl (C=O) groups is 2. The average Bonchev–Trinajstić information content (AvgIpc) is 3.23. The SMILES string of the molecule is O=C(Nc1nc(C2CC2)cs1)C1CC(=O)N(Cc2ccccn2)C1. The predicted molar refractivity (Wildman–Crippen MR) is 90.5 cm³/mol. The lowest BCUT2D eigenvalue weighted by atomic mass is 10.1. The fraction of sp³-hybridized carbons (Fsp3) is 0.412. The monoisotopic (exact) mass is 342 g/mol. The molecule has 6 nitrogen and oxygen atoms in total. The van der Waals surface area contributed by atoms with Gasteiger partial charge in [0.05, 0.1) is 23.9 Å². The number of rotatable bonds is 5. The van der Waals surface area contributed by atoms with Crippen LogP contribution in [0.1, 0.15) is 36.6 Å². The van der Waals surface area contributed by atoms with Crippen LogP contribution in [0, 0.1) is 5.92 Å². The third-order valence-corrected chi connectivity index (χ3v) is 5.19. The second-order valence-corrected chi connectivity index (χ2v) is 7.20. The van der Waals surface area contributed by atoms with Gasteiger partial charge >= 0.3 is 0 Å². The van der Waals surface area contributed by atoms with Crippen LogP contribution in [-0.4, -0.2) is 33.2 Å². The molecule has 2 aromatic heterocycles. The summed E-state index contributed by atoms with van der Waals surface area (Å²) in [4.78, 5) is 35.0. The van der Waals surface area contributed by atoms with Crippen molar-refractivity contribution in [2.24, 2.45) is 5.92 Å². The molecule has 0 bridgehead atoms. The summed E-state index contributed by atoms with van der Waals surface area (Å²) in [7, 11) is 0. The lowest BCUT2D eigenvalue weighted by Gasteiger charge is -2.15. The molecular weight excluding hydrogens is 324 g/mol. The van der Waals surface area contributed by atoms with E-state index in [0.29, 0.717) is 24.1 Å². The normalized spacial score (nSPS) is 20.4. The summed E-state index contributed by atoms with van der Waals surface area (Å²) in [5, 5.41) is 5.52. The van der Waals surface area contributed by atoms with Crippen LogP contribution in [0.2, 0.25) is 0 Å². The number of likely N-dealkylation sites (tertiary alicyclic amines) is 1. The van der Waals surface area contributed by atoms with Gasteiger partial charge in [-0.15, -0.1) is 11.3 Å². The van der Waals surface area contributed by atoms with Gasteiger partial charge in [0.15, 0.2) is 5.13 Å². The van der Waals surface area contributed by atoms with Crippen LogP contribution in [0.3, 0.4) is 0 Å². The molecule has 0 spiro atoms. The molecule has 2 fully saturated rings. The highest BCUT2D eigenvalue weighted by Gasteiger charge is 2.35. The summed E-state index contributed by atoms with van der Waals surface area (Å²) in [6.45, 7) is 0.884. The van der Waals surface area contributed by atoms with Gasteiger partial charge in [-0.2, -0.15) is 0 Å². The van der Waals surface area contributed by atoms with Crippen molar-refractivity contribution in [3.05, 3.63) is 41.2 Å². The lowest BCUT2D eigenvalue weighted by Crippen LogP contribution is -2.28. The molecule has 1 N–H and O–H groups in total. The van der Waals surface area contributed by atoms with Gasteiger partial charge in [0.2, 0.25) is 11.8 Å². The first-order valence-electron chi connectivity index (χ1n) is 8.13. The highest BCUT2D eigenvalue weighted by Crippen LogP contribution is 2.41. The molecule has 1 saturated heterocycles. The van der Waals surface area contributed by atoms with Crippen LogP contribution in [-0.2, 0) is 16.1 Å². The van der Waals surface area contributed by atoms with E-state index >= 15 is 0 Å². The van der Waals surface area contributed by atoms with Crippen molar-refractivity contribution >= 4 is 28.3 Å². The molecular formula is C17H18N4O2S. The molecule has 124 valence electrons. The number of carbonyl (C=O) groups excluding carboxylic acids is 2. The standard InChI is InChI=1S/C17H18N4O2S/c22-15-7-12(8-21(15)9-13-3-1-2-6-18-13)16(23)20-17-19-14(10-24-17)11-4-5-11/h1-3,6,10-12H,4-5,7-9H2,(H,19,20,23). The van der Waals surface area contributed by atoms with E-state index in [4.69, 9.17) is 0 Å². The highest BCUT2D eigenvalue weighted by atomic mass is 32.1. The number of amides is 2. The Morgan fingerprint density at radius 3 is 3.00 bits per heavy atom. The molecule has 3 heterocycles. The maximum absolute atomic E-state index is 12.4. The van der Waals surface area contributed by atoms with Crippen molar-refractivity contribution in [2.75, 3.05) is 11.9 Å². The van der Waals surface area contributed by atoms with E-state index in [1.807, 2.05) is 23.6 Å². The van der Waals surface area contributed by atoms with Crippen molar-refractivity contribution in [2.45, 2.75) is 31.7 Å². The van der Waals surface area contributed by atoms with Gasteiger partial charge in [-0.3, -0.25) is 14.6 Å². The van der Waals surface area contributed by atoms with Crippen LogP contribution in [0.4, 0.5) is 5.13 Å². The molecule has 0 aromatic carbocycles. The van der Waals surface area contributed by atoms with E-state index < -0.39 is 0 Å². The van der Waals surface area contributed by atoms with E-state index in [-0.39, 0.29) is 24.2 Å². The molecule has 2 amide bonds. The quantitative estimate of drug-likeness (QED) is 0.905. The maximum Gasteiger partial charge on any atom is 0.231 e. The number of nitrogens with one attached hydrogen (secondary N) is 1. The Bertz CT molecular complexity index is 757. The van der Waals surface area contributed by atoms with E-state index in [2.05, 4.69) is 15.3 Å². The summed E-state index contributed by atoms with van der Waals surface area (Å²) >= 11 is 1.46. The number of thiazole rings is 1. The predicted octanol–water partition coefficient (Wildman–Crippen LogP) is 2.40. The number of anilines is 1. The average molecular weight is 342 g/mol. The van der Waals surface area contributed by atoms with E-state index in [1.54, 1.807) is 11.1 Å². The second kappa shape index (κ2) is 6.32. The Morgan fingerprint density at radius 2 is 2.25 bits per heavy atom. The summed E-state index contributed by atoms with van der Waals surface area (Å²) in [5.41, 5.74) is 1.91. The van der Waals surface area contributed by atoms with Crippen molar-refractivity contribution in [1.82, 2.24) is 14.9 Å². The van der Waals surface area contributed by atoms with Gasteiger partial charge < -0.3 is 10.2 Å². The van der Waals surface area contributed by atoms with Crippen LogP contribution < -0.4 is 5.32 Å². The molecule has 7 heteroatoms. The Morgan fingerprint density at radius 1 is 1.38 bits per heavy atom. The zero-order chi connectivity index (χ0) is 16.5. The maximum atomic E-state index is 12.4. The molecule has 2 aliphatic rings. The molecule has 24 heavy (non-hydrogen) atoms. The van der Waals surface area contributed by atoms with Gasteiger partial charge in [0, 0.05) is 30.5 Å². The third-order valence-electron chi connectivity index (χ3n) is 4.41. The summed E-state index contributed by atoms with van der Waals surface area (Å²) < 4.78 is 0. The zero-order valence-corrected chi connectivity index (χ0v) is 14.0. The highest BCUT2D eigenvalue weighted by molar-refractivity contribution is 7.13. The third kappa shape index (κ3) is 3.31. The number of hydrogen-bond acceptors (Lipinski definition) is 5. The Balaban J connectivity index is 1.35. The summed E-state index contributed by atoms with van der Waals surface area (Å²) in [6, 6.07) is 5.62. The molecule has 2 aromatic rings. The minimum absolute atomic E-state index is 0.00129. The topological polar surface area (TPSA) is 75.2 Å². The fourth-order valence-corrected chi connectivity index (χ4v) is 3.70. The fourth-order valence-electron chi connectivity index (χ4n) is 2.91. The summed E-state index contributed by atoms with van der Waals surface area (Å²) in [5.74, 6) is 0.130. The minimum atomic E-state index is -0.325. The Kier molecular flexibility index (Phi) is 4.02. The Labute approximate surface area is 143 Å². The molecule has 1 aliphatic heterocycles. The van der Waals surface area contributed by atoms with Gasteiger partial charge in [0.1, 0.15) is 0 Å². The van der Waals surface area contributed by atoms with Crippen molar-refractivity contribution in [3.63, 3.8) is 0 Å². The van der Waals surface area contributed by atoms with Crippen molar-refractivity contribution < 1.29 is 9.59 Å². The van der Waals surface area contributed by atoms with Gasteiger partial charge in [-0.05, 0) is 25.0 Å². The first-order chi connectivity index (χ1) is 11.7. The Hall–Kier alpha value is -2.28. The number of aromatic nitrogens is 2. The molecule has 1 aliphatic carbocycles. The van der Waals surface area contributed by atoms with Gasteiger partial charge in [-0.1, -0.05) is 6.07 Å². The van der Waals surface area contributed by atoms with E-state index in [1.165, 1.54) is 24.2 Å². The van der Waals surface area contributed by atoms with Crippen LogP contribution >= 0.6 is 11.3 Å². The number of nitrogens with zero attached hydrogens (tertiary/aromatic N) is 3. The summed E-state index contributed by atoms with van der Waals surface area (Å²) in [6.07, 6.45) is 4.34. The van der Waals surface area contributed by atoms with Gasteiger partial charge in [0.25, 0.3) is 0 Å². The van der Waals surface area contributed by atoms with Crippen LogP contribution in [0.15, 0.2) is 29.8 Å².